The topological polar surface area (TPSA) is 52.9 Å². The number of nitrogens with one attached hydrogen (secondary N) is 1. The van der Waals surface area contributed by atoms with Gasteiger partial charge in [0.1, 0.15) is 5.82 Å². The van der Waals surface area contributed by atoms with E-state index in [2.05, 4.69) is 5.32 Å². The van der Waals surface area contributed by atoms with Gasteiger partial charge in [0.15, 0.2) is 0 Å². The van der Waals surface area contributed by atoms with Crippen molar-refractivity contribution in [2.75, 3.05) is 6.54 Å². The van der Waals surface area contributed by atoms with E-state index in [-0.39, 0.29) is 23.0 Å². The standard InChI is InChI=1S/C11H10ClFN2O/c1-7(5-14)6-15-11(16)8-2-3-9(12)10(13)4-8/h2-4,7H,6H2,1H3,(H,15,16). The molecule has 0 aliphatic rings. The lowest BCUT2D eigenvalue weighted by atomic mass is 10.2. The summed E-state index contributed by atoms with van der Waals surface area (Å²) in [5.74, 6) is -1.33. The average Bonchev–Trinajstić information content (AvgIpc) is 2.29. The summed E-state index contributed by atoms with van der Waals surface area (Å²) in [6, 6.07) is 5.79. The minimum absolute atomic E-state index is 0.0260. The van der Waals surface area contributed by atoms with Crippen LogP contribution in [0.2, 0.25) is 5.02 Å². The van der Waals surface area contributed by atoms with Gasteiger partial charge in [-0.3, -0.25) is 4.79 Å². The van der Waals surface area contributed by atoms with Crippen molar-refractivity contribution < 1.29 is 9.18 Å². The highest BCUT2D eigenvalue weighted by atomic mass is 35.5. The number of nitriles is 1. The third-order valence-electron chi connectivity index (χ3n) is 1.97. The second-order valence-electron chi connectivity index (χ2n) is 3.37. The zero-order valence-electron chi connectivity index (χ0n) is 8.63. The number of amides is 1. The molecule has 1 atom stereocenters. The molecule has 1 aromatic carbocycles. The number of rotatable bonds is 3. The normalized spacial score (nSPS) is 11.6. The predicted molar refractivity (Wildman–Crippen MR) is 58.5 cm³/mol. The summed E-state index contributed by atoms with van der Waals surface area (Å²) in [6.07, 6.45) is 0. The maximum Gasteiger partial charge on any atom is 0.251 e. The fourth-order valence-electron chi connectivity index (χ4n) is 1.03. The Hall–Kier alpha value is -1.60. The molecule has 5 heteroatoms. The Kier molecular flexibility index (Phi) is 4.27. The summed E-state index contributed by atoms with van der Waals surface area (Å²) in [5.41, 5.74) is 0.187. The second-order valence-corrected chi connectivity index (χ2v) is 3.78. The Balaban J connectivity index is 2.67. The molecule has 0 aromatic heterocycles. The highest BCUT2D eigenvalue weighted by Crippen LogP contribution is 2.15. The van der Waals surface area contributed by atoms with Crippen molar-refractivity contribution in [2.45, 2.75) is 6.92 Å². The van der Waals surface area contributed by atoms with Crippen molar-refractivity contribution in [1.29, 1.82) is 5.26 Å². The summed E-state index contributed by atoms with van der Waals surface area (Å²) in [5, 5.41) is 11.0. The second kappa shape index (κ2) is 5.47. The van der Waals surface area contributed by atoms with Crippen LogP contribution in [0.4, 0.5) is 4.39 Å². The molecule has 0 spiro atoms. The molecule has 3 nitrogen and oxygen atoms in total. The first-order valence-corrected chi connectivity index (χ1v) is 5.05. The van der Waals surface area contributed by atoms with E-state index in [1.807, 2.05) is 6.07 Å². The quantitative estimate of drug-likeness (QED) is 0.882. The Morgan fingerprint density at radius 3 is 2.94 bits per heavy atom. The monoisotopic (exact) mass is 240 g/mol. The third kappa shape index (κ3) is 3.21. The predicted octanol–water partition coefficient (Wildman–Crippen LogP) is 2.37. The maximum atomic E-state index is 13.0. The third-order valence-corrected chi connectivity index (χ3v) is 2.28. The zero-order valence-corrected chi connectivity index (χ0v) is 9.38. The van der Waals surface area contributed by atoms with E-state index in [1.165, 1.54) is 12.1 Å². The van der Waals surface area contributed by atoms with Crippen molar-refractivity contribution in [3.8, 4) is 6.07 Å². The Morgan fingerprint density at radius 1 is 1.69 bits per heavy atom. The van der Waals surface area contributed by atoms with E-state index in [1.54, 1.807) is 6.92 Å². The first-order chi connectivity index (χ1) is 7.54. The molecule has 0 aliphatic heterocycles. The van der Waals surface area contributed by atoms with Crippen molar-refractivity contribution in [3.05, 3.63) is 34.6 Å². The Bertz CT molecular complexity index is 442. The molecule has 0 saturated heterocycles. The van der Waals surface area contributed by atoms with Crippen LogP contribution in [-0.2, 0) is 0 Å². The minimum atomic E-state index is -0.636. The Labute approximate surface area is 97.8 Å². The van der Waals surface area contributed by atoms with Gasteiger partial charge in [-0.15, -0.1) is 0 Å². The summed E-state index contributed by atoms with van der Waals surface area (Å²) in [6.45, 7) is 1.92. The van der Waals surface area contributed by atoms with Gasteiger partial charge in [0.2, 0.25) is 0 Å². The molecule has 0 fully saturated rings. The van der Waals surface area contributed by atoms with Gasteiger partial charge in [0.05, 0.1) is 17.0 Å². The van der Waals surface area contributed by atoms with Crippen LogP contribution in [0, 0.1) is 23.1 Å². The molecule has 84 valence electrons. The molecule has 0 aliphatic carbocycles. The van der Waals surface area contributed by atoms with E-state index in [4.69, 9.17) is 16.9 Å². The van der Waals surface area contributed by atoms with E-state index in [0.717, 1.165) is 6.07 Å². The number of halogens is 2. The van der Waals surface area contributed by atoms with Crippen LogP contribution < -0.4 is 5.32 Å². The SMILES string of the molecule is CC(C#N)CNC(=O)c1ccc(Cl)c(F)c1. The van der Waals surface area contributed by atoms with Crippen molar-refractivity contribution in [3.63, 3.8) is 0 Å². The first kappa shape index (κ1) is 12.5. The van der Waals surface area contributed by atoms with Gasteiger partial charge in [-0.2, -0.15) is 5.26 Å². The van der Waals surface area contributed by atoms with Crippen molar-refractivity contribution >= 4 is 17.5 Å². The largest absolute Gasteiger partial charge is 0.351 e. The molecule has 0 saturated carbocycles. The number of nitrogens with zero attached hydrogens (tertiary/aromatic N) is 1. The Morgan fingerprint density at radius 2 is 2.38 bits per heavy atom. The van der Waals surface area contributed by atoms with Crippen LogP contribution >= 0.6 is 11.6 Å². The first-order valence-electron chi connectivity index (χ1n) is 4.67. The van der Waals surface area contributed by atoms with E-state index < -0.39 is 11.7 Å². The molecule has 0 radical (unpaired) electrons. The highest BCUT2D eigenvalue weighted by Gasteiger charge is 2.09. The molecule has 1 amide bonds. The van der Waals surface area contributed by atoms with E-state index >= 15 is 0 Å². The lowest BCUT2D eigenvalue weighted by molar-refractivity contribution is 0.0950. The highest BCUT2D eigenvalue weighted by molar-refractivity contribution is 6.30. The molecule has 1 N–H and O–H groups in total. The molecule has 1 rings (SSSR count). The van der Waals surface area contributed by atoms with Gasteiger partial charge in [-0.1, -0.05) is 11.6 Å². The zero-order chi connectivity index (χ0) is 12.1. The van der Waals surface area contributed by atoms with Gasteiger partial charge in [-0.25, -0.2) is 4.39 Å². The van der Waals surface area contributed by atoms with Crippen molar-refractivity contribution in [2.24, 2.45) is 5.92 Å². The lowest BCUT2D eigenvalue weighted by Crippen LogP contribution is -2.27. The molecule has 16 heavy (non-hydrogen) atoms. The maximum absolute atomic E-state index is 13.0. The number of benzene rings is 1. The summed E-state index contributed by atoms with van der Waals surface area (Å²) in [7, 11) is 0. The van der Waals surface area contributed by atoms with Gasteiger partial charge in [-0.05, 0) is 25.1 Å². The number of carbonyl (C=O) groups excluding carboxylic acids is 1. The number of hydrogen-bond donors (Lipinski definition) is 1. The summed E-state index contributed by atoms with van der Waals surface area (Å²) >= 11 is 5.49. The molecular formula is C11H10ClFN2O. The van der Waals surface area contributed by atoms with Gasteiger partial charge in [0, 0.05) is 12.1 Å². The van der Waals surface area contributed by atoms with Gasteiger partial charge in [0.25, 0.3) is 5.91 Å². The van der Waals surface area contributed by atoms with Crippen LogP contribution in [-0.4, -0.2) is 12.5 Å². The van der Waals surface area contributed by atoms with Crippen LogP contribution in [0.25, 0.3) is 0 Å². The molecule has 0 heterocycles. The van der Waals surface area contributed by atoms with E-state index in [9.17, 15) is 9.18 Å². The lowest BCUT2D eigenvalue weighted by Gasteiger charge is -2.06. The minimum Gasteiger partial charge on any atom is -0.351 e. The number of hydrogen-bond acceptors (Lipinski definition) is 2. The fourth-order valence-corrected chi connectivity index (χ4v) is 1.15. The smallest absolute Gasteiger partial charge is 0.251 e. The van der Waals surface area contributed by atoms with Crippen LogP contribution in [0.3, 0.4) is 0 Å². The van der Waals surface area contributed by atoms with E-state index in [0.29, 0.717) is 0 Å². The number of carbonyl (C=O) groups is 1. The molecule has 0 bridgehead atoms. The molecular weight excluding hydrogens is 231 g/mol. The van der Waals surface area contributed by atoms with Crippen molar-refractivity contribution in [1.82, 2.24) is 5.32 Å². The fraction of sp³-hybridized carbons (Fsp3) is 0.273. The molecule has 1 unspecified atom stereocenters. The molecule has 1 aromatic rings. The summed E-state index contributed by atoms with van der Waals surface area (Å²) < 4.78 is 13.0. The van der Waals surface area contributed by atoms with Gasteiger partial charge < -0.3 is 5.32 Å². The average molecular weight is 241 g/mol. The van der Waals surface area contributed by atoms with Gasteiger partial charge >= 0.3 is 0 Å². The van der Waals surface area contributed by atoms with Crippen LogP contribution in [0.1, 0.15) is 17.3 Å². The van der Waals surface area contributed by atoms with Crippen LogP contribution in [0.5, 0.6) is 0 Å². The van der Waals surface area contributed by atoms with Crippen LogP contribution in [0.15, 0.2) is 18.2 Å². The summed E-state index contributed by atoms with van der Waals surface area (Å²) in [4.78, 5) is 11.5.